The van der Waals surface area contributed by atoms with Gasteiger partial charge in [-0.1, -0.05) is 5.16 Å². The molecule has 3 aromatic rings. The Morgan fingerprint density at radius 1 is 1.16 bits per heavy atom. The zero-order chi connectivity index (χ0) is 17.1. The normalized spacial score (nSPS) is 17.4. The Labute approximate surface area is 144 Å². The van der Waals surface area contributed by atoms with Crippen molar-refractivity contribution in [3.63, 3.8) is 0 Å². The number of piperidine rings is 1. The first kappa shape index (κ1) is 15.4. The molecule has 0 N–H and O–H groups in total. The van der Waals surface area contributed by atoms with Crippen molar-refractivity contribution in [3.05, 3.63) is 60.5 Å². The number of nitrogens with zero attached hydrogens (tertiary/aromatic N) is 5. The third kappa shape index (κ3) is 3.26. The number of carbonyl (C=O) groups is 1. The monoisotopic (exact) mass is 335 g/mol. The molecule has 0 spiro atoms. The summed E-state index contributed by atoms with van der Waals surface area (Å²) in [5, 5.41) is 4.05. The summed E-state index contributed by atoms with van der Waals surface area (Å²) in [4.78, 5) is 27.0. The maximum Gasteiger partial charge on any atom is 0.255 e. The third-order valence-electron chi connectivity index (χ3n) is 4.33. The van der Waals surface area contributed by atoms with E-state index >= 15 is 0 Å². The number of aromatic nitrogens is 4. The lowest BCUT2D eigenvalue weighted by atomic mass is 9.97. The maximum absolute atomic E-state index is 12.6. The van der Waals surface area contributed by atoms with Gasteiger partial charge in [0.25, 0.3) is 5.91 Å². The predicted octanol–water partition coefficient (Wildman–Crippen LogP) is 2.55. The average molecular weight is 335 g/mol. The topological polar surface area (TPSA) is 85.0 Å². The Hall–Kier alpha value is -3.09. The van der Waals surface area contributed by atoms with E-state index < -0.39 is 0 Å². The largest absolute Gasteiger partial charge is 0.339 e. The molecule has 4 heterocycles. The molecule has 7 nitrogen and oxygen atoms in total. The van der Waals surface area contributed by atoms with E-state index in [-0.39, 0.29) is 11.8 Å². The SMILES string of the molecule is O=C(c1cccnc1)N1CCCC(c2nc(-c3cccnc3)no2)C1. The summed E-state index contributed by atoms with van der Waals surface area (Å²) in [6, 6.07) is 7.28. The summed E-state index contributed by atoms with van der Waals surface area (Å²) in [7, 11) is 0. The second-order valence-corrected chi connectivity index (χ2v) is 6.03. The van der Waals surface area contributed by atoms with E-state index in [0.29, 0.717) is 23.8 Å². The minimum Gasteiger partial charge on any atom is -0.339 e. The van der Waals surface area contributed by atoms with E-state index in [0.717, 1.165) is 24.9 Å². The van der Waals surface area contributed by atoms with E-state index in [1.165, 1.54) is 0 Å². The molecule has 25 heavy (non-hydrogen) atoms. The van der Waals surface area contributed by atoms with Crippen molar-refractivity contribution in [2.75, 3.05) is 13.1 Å². The summed E-state index contributed by atoms with van der Waals surface area (Å²) in [6.45, 7) is 1.30. The van der Waals surface area contributed by atoms with Gasteiger partial charge in [0.2, 0.25) is 11.7 Å². The summed E-state index contributed by atoms with van der Waals surface area (Å²) in [5.41, 5.74) is 1.42. The van der Waals surface area contributed by atoms with Gasteiger partial charge in [-0.15, -0.1) is 0 Å². The molecule has 7 heteroatoms. The van der Waals surface area contributed by atoms with Crippen LogP contribution in [0.5, 0.6) is 0 Å². The summed E-state index contributed by atoms with van der Waals surface area (Å²) >= 11 is 0. The van der Waals surface area contributed by atoms with Gasteiger partial charge < -0.3 is 9.42 Å². The number of carbonyl (C=O) groups excluding carboxylic acids is 1. The molecule has 0 bridgehead atoms. The lowest BCUT2D eigenvalue weighted by Crippen LogP contribution is -2.39. The quantitative estimate of drug-likeness (QED) is 0.731. The average Bonchev–Trinajstić information content (AvgIpc) is 3.19. The van der Waals surface area contributed by atoms with Gasteiger partial charge in [0, 0.05) is 43.4 Å². The van der Waals surface area contributed by atoms with Crippen LogP contribution in [0.3, 0.4) is 0 Å². The van der Waals surface area contributed by atoms with Gasteiger partial charge in [0.05, 0.1) is 11.5 Å². The van der Waals surface area contributed by atoms with Crippen molar-refractivity contribution in [1.82, 2.24) is 25.0 Å². The predicted molar refractivity (Wildman–Crippen MR) is 89.6 cm³/mol. The zero-order valence-electron chi connectivity index (χ0n) is 13.6. The van der Waals surface area contributed by atoms with Crippen molar-refractivity contribution in [1.29, 1.82) is 0 Å². The van der Waals surface area contributed by atoms with Crippen LogP contribution in [-0.2, 0) is 0 Å². The Balaban J connectivity index is 1.50. The molecular formula is C18H17N5O2. The smallest absolute Gasteiger partial charge is 0.255 e. The van der Waals surface area contributed by atoms with Crippen molar-refractivity contribution in [2.45, 2.75) is 18.8 Å². The molecule has 1 unspecified atom stereocenters. The number of pyridine rings is 2. The molecule has 0 radical (unpaired) electrons. The van der Waals surface area contributed by atoms with Crippen LogP contribution >= 0.6 is 0 Å². The van der Waals surface area contributed by atoms with Gasteiger partial charge in [0.15, 0.2) is 0 Å². The van der Waals surface area contributed by atoms with Gasteiger partial charge in [-0.25, -0.2) is 0 Å². The van der Waals surface area contributed by atoms with Crippen LogP contribution in [0.4, 0.5) is 0 Å². The van der Waals surface area contributed by atoms with Crippen LogP contribution < -0.4 is 0 Å². The first-order valence-electron chi connectivity index (χ1n) is 8.24. The molecule has 126 valence electrons. The van der Waals surface area contributed by atoms with Crippen molar-refractivity contribution < 1.29 is 9.32 Å². The van der Waals surface area contributed by atoms with Crippen LogP contribution in [0.25, 0.3) is 11.4 Å². The van der Waals surface area contributed by atoms with Crippen molar-refractivity contribution in [3.8, 4) is 11.4 Å². The fourth-order valence-electron chi connectivity index (χ4n) is 3.05. The van der Waals surface area contributed by atoms with Gasteiger partial charge >= 0.3 is 0 Å². The maximum atomic E-state index is 12.6. The number of hydrogen-bond acceptors (Lipinski definition) is 6. The molecule has 1 aliphatic rings. The molecular weight excluding hydrogens is 318 g/mol. The molecule has 1 aliphatic heterocycles. The van der Waals surface area contributed by atoms with Crippen molar-refractivity contribution in [2.24, 2.45) is 0 Å². The molecule has 4 rings (SSSR count). The highest BCUT2D eigenvalue weighted by molar-refractivity contribution is 5.93. The minimum atomic E-state index is -0.00945. The highest BCUT2D eigenvalue weighted by Crippen LogP contribution is 2.28. The lowest BCUT2D eigenvalue weighted by molar-refractivity contribution is 0.0695. The van der Waals surface area contributed by atoms with Crippen LogP contribution in [-0.4, -0.2) is 44.0 Å². The fraction of sp³-hybridized carbons (Fsp3) is 0.278. The first-order chi connectivity index (χ1) is 12.3. The molecule has 3 aromatic heterocycles. The minimum absolute atomic E-state index is 0.00945. The number of rotatable bonds is 3. The van der Waals surface area contributed by atoms with Gasteiger partial charge in [-0.3, -0.25) is 14.8 Å². The lowest BCUT2D eigenvalue weighted by Gasteiger charge is -2.31. The van der Waals surface area contributed by atoms with E-state index in [1.807, 2.05) is 17.0 Å². The first-order valence-corrected chi connectivity index (χ1v) is 8.24. The molecule has 1 amide bonds. The number of likely N-dealkylation sites (tertiary alicyclic amines) is 1. The Morgan fingerprint density at radius 2 is 2.00 bits per heavy atom. The van der Waals surface area contributed by atoms with Crippen LogP contribution in [0.2, 0.25) is 0 Å². The number of amides is 1. The van der Waals surface area contributed by atoms with Crippen molar-refractivity contribution >= 4 is 5.91 Å². The van der Waals surface area contributed by atoms with Crippen LogP contribution in [0.1, 0.15) is 35.0 Å². The second kappa shape index (κ2) is 6.80. The molecule has 0 saturated carbocycles. The highest BCUT2D eigenvalue weighted by Gasteiger charge is 2.29. The molecule has 0 aliphatic carbocycles. The van der Waals surface area contributed by atoms with Gasteiger partial charge in [-0.05, 0) is 37.1 Å². The second-order valence-electron chi connectivity index (χ2n) is 6.03. The van der Waals surface area contributed by atoms with Crippen LogP contribution in [0, 0.1) is 0 Å². The van der Waals surface area contributed by atoms with E-state index in [4.69, 9.17) is 4.52 Å². The van der Waals surface area contributed by atoms with Gasteiger partial charge in [-0.2, -0.15) is 4.98 Å². The van der Waals surface area contributed by atoms with Gasteiger partial charge in [0.1, 0.15) is 0 Å². The molecule has 1 atom stereocenters. The molecule has 1 fully saturated rings. The fourth-order valence-corrected chi connectivity index (χ4v) is 3.05. The number of hydrogen-bond donors (Lipinski definition) is 0. The summed E-state index contributed by atoms with van der Waals surface area (Å²) < 4.78 is 5.45. The summed E-state index contributed by atoms with van der Waals surface area (Å²) in [5.74, 6) is 1.14. The van der Waals surface area contributed by atoms with E-state index in [9.17, 15) is 4.79 Å². The van der Waals surface area contributed by atoms with E-state index in [2.05, 4.69) is 20.1 Å². The Morgan fingerprint density at radius 3 is 2.76 bits per heavy atom. The van der Waals surface area contributed by atoms with Crippen LogP contribution in [0.15, 0.2) is 53.6 Å². The zero-order valence-corrected chi connectivity index (χ0v) is 13.6. The molecule has 0 aromatic carbocycles. The molecule has 1 saturated heterocycles. The third-order valence-corrected chi connectivity index (χ3v) is 4.33. The highest BCUT2D eigenvalue weighted by atomic mass is 16.5. The standard InChI is InChI=1S/C18H17N5O2/c24-18(14-5-2-8-20-11-14)23-9-3-6-15(12-23)17-21-16(22-25-17)13-4-1-7-19-10-13/h1-2,4-5,7-8,10-11,15H,3,6,9,12H2. The Kier molecular flexibility index (Phi) is 4.20. The Bertz CT molecular complexity index is 850. The summed E-state index contributed by atoms with van der Waals surface area (Å²) in [6.07, 6.45) is 8.49. The van der Waals surface area contributed by atoms with E-state index in [1.54, 1.807) is 36.9 Å².